The minimum atomic E-state index is -0.311. The summed E-state index contributed by atoms with van der Waals surface area (Å²) in [5.74, 6) is 0. The number of nitrogens with zero attached hydrogens (tertiary/aromatic N) is 2. The minimum absolute atomic E-state index is 0.195. The summed E-state index contributed by atoms with van der Waals surface area (Å²) in [4.78, 5) is 13.0. The van der Waals surface area contributed by atoms with Crippen molar-refractivity contribution in [1.29, 1.82) is 0 Å². The van der Waals surface area contributed by atoms with E-state index in [1.54, 1.807) is 13.0 Å². The Morgan fingerprint density at radius 3 is 2.47 bits per heavy atom. The van der Waals surface area contributed by atoms with Gasteiger partial charge in [0.15, 0.2) is 0 Å². The molecule has 0 amide bonds. The third kappa shape index (κ3) is 3.23. The first kappa shape index (κ1) is 13.8. The number of likely N-dealkylation sites (tertiary alicyclic amines) is 1. The van der Waals surface area contributed by atoms with Crippen molar-refractivity contribution in [3.05, 3.63) is 33.4 Å². The average molecular weight is 263 g/mol. The number of aryl methyl sites for hydroxylation is 2. The molecule has 1 N–H and O–H groups in total. The molecule has 5 nitrogen and oxygen atoms in total. The summed E-state index contributed by atoms with van der Waals surface area (Å²) in [7, 11) is 2.12. The fourth-order valence-corrected chi connectivity index (χ4v) is 2.57. The first-order valence-electron chi connectivity index (χ1n) is 6.68. The van der Waals surface area contributed by atoms with Crippen LogP contribution in [-0.4, -0.2) is 36.0 Å². The van der Waals surface area contributed by atoms with Crippen LogP contribution in [0.2, 0.25) is 0 Å². The molecule has 0 spiro atoms. The number of anilines is 1. The maximum Gasteiger partial charge on any atom is 0.274 e. The zero-order valence-corrected chi connectivity index (χ0v) is 11.8. The van der Waals surface area contributed by atoms with Crippen molar-refractivity contribution < 1.29 is 4.92 Å². The van der Waals surface area contributed by atoms with Crippen LogP contribution in [0.15, 0.2) is 12.1 Å². The lowest BCUT2D eigenvalue weighted by Crippen LogP contribution is -2.36. The number of benzene rings is 1. The van der Waals surface area contributed by atoms with Crippen molar-refractivity contribution in [3.63, 3.8) is 0 Å². The molecule has 0 saturated carbocycles. The van der Waals surface area contributed by atoms with E-state index < -0.39 is 0 Å². The molecule has 1 aromatic rings. The highest BCUT2D eigenvalue weighted by Gasteiger charge is 2.19. The normalized spacial score (nSPS) is 17.4. The summed E-state index contributed by atoms with van der Waals surface area (Å²) >= 11 is 0. The molecule has 104 valence electrons. The minimum Gasteiger partial charge on any atom is -0.382 e. The maximum absolute atomic E-state index is 11.0. The van der Waals surface area contributed by atoms with Crippen LogP contribution in [0, 0.1) is 24.0 Å². The molecule has 2 rings (SSSR count). The molecular weight excluding hydrogens is 242 g/mol. The highest BCUT2D eigenvalue weighted by molar-refractivity contribution is 5.60. The molecular formula is C14H21N3O2. The highest BCUT2D eigenvalue weighted by atomic mass is 16.6. The Morgan fingerprint density at radius 1 is 1.26 bits per heavy atom. The third-order valence-electron chi connectivity index (χ3n) is 3.82. The van der Waals surface area contributed by atoms with Crippen molar-refractivity contribution >= 4 is 11.4 Å². The van der Waals surface area contributed by atoms with Gasteiger partial charge in [0, 0.05) is 23.4 Å². The fraction of sp³-hybridized carbons (Fsp3) is 0.571. The molecule has 0 unspecified atom stereocenters. The Labute approximate surface area is 113 Å². The van der Waals surface area contributed by atoms with Crippen LogP contribution in [0.4, 0.5) is 11.4 Å². The second-order valence-electron chi connectivity index (χ2n) is 5.43. The Bertz CT molecular complexity index is 480. The van der Waals surface area contributed by atoms with Gasteiger partial charge in [-0.05, 0) is 58.5 Å². The van der Waals surface area contributed by atoms with E-state index in [2.05, 4.69) is 17.3 Å². The van der Waals surface area contributed by atoms with Crippen LogP contribution in [0.3, 0.4) is 0 Å². The van der Waals surface area contributed by atoms with Crippen molar-refractivity contribution in [3.8, 4) is 0 Å². The number of piperidine rings is 1. The molecule has 0 atom stereocenters. The Hall–Kier alpha value is -1.62. The monoisotopic (exact) mass is 263 g/mol. The van der Waals surface area contributed by atoms with Crippen LogP contribution >= 0.6 is 0 Å². The van der Waals surface area contributed by atoms with E-state index in [1.165, 1.54) is 0 Å². The quantitative estimate of drug-likeness (QED) is 0.673. The maximum atomic E-state index is 11.0. The summed E-state index contributed by atoms with van der Waals surface area (Å²) in [6, 6.07) is 3.97. The highest BCUT2D eigenvalue weighted by Crippen LogP contribution is 2.27. The van der Waals surface area contributed by atoms with Crippen LogP contribution in [0.25, 0.3) is 0 Å². The number of hydrogen-bond donors (Lipinski definition) is 1. The van der Waals surface area contributed by atoms with E-state index in [4.69, 9.17) is 0 Å². The number of nitro groups is 1. The molecule has 1 saturated heterocycles. The summed E-state index contributed by atoms with van der Waals surface area (Å²) in [5, 5.41) is 14.5. The smallest absolute Gasteiger partial charge is 0.274 e. The SMILES string of the molecule is Cc1cc(C)c([N+](=O)[O-])cc1NC1CCN(C)CC1. The molecule has 1 aliphatic heterocycles. The third-order valence-corrected chi connectivity index (χ3v) is 3.82. The predicted octanol–water partition coefficient (Wildman–Crippen LogP) is 2.72. The van der Waals surface area contributed by atoms with E-state index in [-0.39, 0.29) is 10.6 Å². The lowest BCUT2D eigenvalue weighted by Gasteiger charge is -2.30. The number of nitrogens with one attached hydrogen (secondary N) is 1. The first-order chi connectivity index (χ1) is 8.97. The van der Waals surface area contributed by atoms with Crippen LogP contribution < -0.4 is 5.32 Å². The van der Waals surface area contributed by atoms with Gasteiger partial charge in [-0.25, -0.2) is 0 Å². The van der Waals surface area contributed by atoms with E-state index in [9.17, 15) is 10.1 Å². The molecule has 5 heteroatoms. The molecule has 1 fully saturated rings. The van der Waals surface area contributed by atoms with Gasteiger partial charge in [-0.15, -0.1) is 0 Å². The van der Waals surface area contributed by atoms with Crippen LogP contribution in [0.5, 0.6) is 0 Å². The van der Waals surface area contributed by atoms with Gasteiger partial charge in [0.25, 0.3) is 5.69 Å². The van der Waals surface area contributed by atoms with Crippen molar-refractivity contribution in [2.45, 2.75) is 32.7 Å². The van der Waals surface area contributed by atoms with E-state index >= 15 is 0 Å². The van der Waals surface area contributed by atoms with Gasteiger partial charge in [0.1, 0.15) is 0 Å². The molecule has 1 aromatic carbocycles. The fourth-order valence-electron chi connectivity index (χ4n) is 2.57. The molecule has 0 bridgehead atoms. The predicted molar refractivity (Wildman–Crippen MR) is 76.7 cm³/mol. The van der Waals surface area contributed by atoms with Gasteiger partial charge in [-0.3, -0.25) is 10.1 Å². The first-order valence-corrected chi connectivity index (χ1v) is 6.68. The largest absolute Gasteiger partial charge is 0.382 e. The molecule has 19 heavy (non-hydrogen) atoms. The lowest BCUT2D eigenvalue weighted by atomic mass is 10.0. The lowest BCUT2D eigenvalue weighted by molar-refractivity contribution is -0.385. The second kappa shape index (κ2) is 5.57. The Balaban J connectivity index is 2.15. The van der Waals surface area contributed by atoms with Gasteiger partial charge in [-0.2, -0.15) is 0 Å². The number of nitro benzene ring substituents is 1. The zero-order chi connectivity index (χ0) is 14.0. The molecule has 1 heterocycles. The number of hydrogen-bond acceptors (Lipinski definition) is 4. The van der Waals surface area contributed by atoms with E-state index in [1.807, 2.05) is 13.0 Å². The summed E-state index contributed by atoms with van der Waals surface area (Å²) < 4.78 is 0. The van der Waals surface area contributed by atoms with Gasteiger partial charge >= 0.3 is 0 Å². The zero-order valence-electron chi connectivity index (χ0n) is 11.8. The Morgan fingerprint density at radius 2 is 1.89 bits per heavy atom. The van der Waals surface area contributed by atoms with Crippen molar-refractivity contribution in [2.75, 3.05) is 25.5 Å². The topological polar surface area (TPSA) is 58.4 Å². The second-order valence-corrected chi connectivity index (χ2v) is 5.43. The van der Waals surface area contributed by atoms with E-state index in [0.29, 0.717) is 6.04 Å². The standard InChI is InChI=1S/C14H21N3O2/c1-10-8-11(2)14(17(18)19)9-13(10)15-12-4-6-16(3)7-5-12/h8-9,12,15H,4-7H2,1-3H3. The number of rotatable bonds is 3. The molecule has 0 aromatic heterocycles. The van der Waals surface area contributed by atoms with Crippen LogP contribution in [0.1, 0.15) is 24.0 Å². The van der Waals surface area contributed by atoms with Gasteiger partial charge < -0.3 is 10.2 Å². The summed E-state index contributed by atoms with van der Waals surface area (Å²) in [6.07, 6.45) is 2.16. The molecule has 0 aliphatic carbocycles. The molecule has 0 radical (unpaired) electrons. The summed E-state index contributed by atoms with van der Waals surface area (Å²) in [6.45, 7) is 5.92. The average Bonchev–Trinajstić information content (AvgIpc) is 2.34. The van der Waals surface area contributed by atoms with Gasteiger partial charge in [-0.1, -0.05) is 0 Å². The Kier molecular flexibility index (Phi) is 4.04. The van der Waals surface area contributed by atoms with E-state index in [0.717, 1.165) is 42.7 Å². The van der Waals surface area contributed by atoms with Crippen molar-refractivity contribution in [1.82, 2.24) is 4.90 Å². The van der Waals surface area contributed by atoms with Crippen LogP contribution in [-0.2, 0) is 0 Å². The van der Waals surface area contributed by atoms with Crippen molar-refractivity contribution in [2.24, 2.45) is 0 Å². The van der Waals surface area contributed by atoms with Gasteiger partial charge in [0.2, 0.25) is 0 Å². The summed E-state index contributed by atoms with van der Waals surface area (Å²) in [5.41, 5.74) is 2.88. The molecule has 1 aliphatic rings. The van der Waals surface area contributed by atoms with Gasteiger partial charge in [0.05, 0.1) is 4.92 Å².